The van der Waals surface area contributed by atoms with Crippen molar-refractivity contribution in [3.05, 3.63) is 34.2 Å². The standard InChI is InChI=1S/C16H20N6S/c1-12-15(23-11-20-12)10-21(2)8-13-3-4-22(9-13)16-7-18-14(5-17)6-19-16/h6-7,11,13H,3-4,8-10H2,1-2H3/t13-/m1/s1. The van der Waals surface area contributed by atoms with Crippen LogP contribution in [0.1, 0.15) is 22.7 Å². The summed E-state index contributed by atoms with van der Waals surface area (Å²) in [5, 5.41) is 8.78. The van der Waals surface area contributed by atoms with Crippen molar-refractivity contribution < 1.29 is 0 Å². The highest BCUT2D eigenvalue weighted by atomic mass is 32.1. The van der Waals surface area contributed by atoms with Crippen LogP contribution in [-0.2, 0) is 6.54 Å². The van der Waals surface area contributed by atoms with E-state index in [1.54, 1.807) is 23.7 Å². The van der Waals surface area contributed by atoms with Gasteiger partial charge in [-0.1, -0.05) is 0 Å². The fourth-order valence-electron chi connectivity index (χ4n) is 2.96. The highest BCUT2D eigenvalue weighted by Gasteiger charge is 2.25. The Balaban J connectivity index is 1.53. The van der Waals surface area contributed by atoms with Gasteiger partial charge in [-0.25, -0.2) is 15.0 Å². The number of hydrogen-bond donors (Lipinski definition) is 0. The van der Waals surface area contributed by atoms with Crippen molar-refractivity contribution >= 4 is 17.2 Å². The van der Waals surface area contributed by atoms with Crippen LogP contribution in [0, 0.1) is 24.2 Å². The van der Waals surface area contributed by atoms with Gasteiger partial charge >= 0.3 is 0 Å². The average molecular weight is 328 g/mol. The summed E-state index contributed by atoms with van der Waals surface area (Å²) >= 11 is 1.73. The lowest BCUT2D eigenvalue weighted by Gasteiger charge is -2.21. The summed E-state index contributed by atoms with van der Waals surface area (Å²) in [5.41, 5.74) is 3.42. The summed E-state index contributed by atoms with van der Waals surface area (Å²) < 4.78 is 0. The van der Waals surface area contributed by atoms with E-state index < -0.39 is 0 Å². The van der Waals surface area contributed by atoms with Crippen LogP contribution < -0.4 is 4.90 Å². The van der Waals surface area contributed by atoms with E-state index in [0.29, 0.717) is 11.6 Å². The molecular weight excluding hydrogens is 308 g/mol. The van der Waals surface area contributed by atoms with Gasteiger partial charge in [-0.3, -0.25) is 0 Å². The number of nitriles is 1. The first-order valence-corrected chi connectivity index (χ1v) is 8.58. The number of aromatic nitrogens is 3. The van der Waals surface area contributed by atoms with E-state index in [1.807, 2.05) is 11.6 Å². The second-order valence-electron chi connectivity index (χ2n) is 6.03. The molecular formula is C16H20N6S. The number of nitrogens with zero attached hydrogens (tertiary/aromatic N) is 6. The van der Waals surface area contributed by atoms with Gasteiger partial charge in [-0.05, 0) is 26.3 Å². The van der Waals surface area contributed by atoms with E-state index in [4.69, 9.17) is 5.26 Å². The Morgan fingerprint density at radius 3 is 2.91 bits per heavy atom. The van der Waals surface area contributed by atoms with Crippen LogP contribution in [0.4, 0.5) is 5.82 Å². The number of thiazole rings is 1. The molecule has 3 rings (SSSR count). The Morgan fingerprint density at radius 1 is 1.39 bits per heavy atom. The summed E-state index contributed by atoms with van der Waals surface area (Å²) in [6.45, 7) is 6.09. The van der Waals surface area contributed by atoms with Crippen LogP contribution >= 0.6 is 11.3 Å². The minimum Gasteiger partial charge on any atom is -0.355 e. The fourth-order valence-corrected chi connectivity index (χ4v) is 3.82. The van der Waals surface area contributed by atoms with Crippen LogP contribution in [0.2, 0.25) is 0 Å². The molecule has 1 aliphatic heterocycles. The molecule has 0 N–H and O–H groups in total. The summed E-state index contributed by atoms with van der Waals surface area (Å²) in [6, 6.07) is 2.00. The summed E-state index contributed by atoms with van der Waals surface area (Å²) in [5.74, 6) is 1.50. The number of aryl methyl sites for hydroxylation is 1. The van der Waals surface area contributed by atoms with E-state index in [2.05, 4.69) is 38.7 Å². The molecule has 2 aromatic heterocycles. The van der Waals surface area contributed by atoms with Gasteiger partial charge in [0.25, 0.3) is 0 Å². The van der Waals surface area contributed by atoms with Gasteiger partial charge in [0.1, 0.15) is 11.9 Å². The average Bonchev–Trinajstić information content (AvgIpc) is 3.17. The van der Waals surface area contributed by atoms with Crippen molar-refractivity contribution in [3.8, 4) is 6.07 Å². The molecule has 0 aromatic carbocycles. The minimum absolute atomic E-state index is 0.365. The Morgan fingerprint density at radius 2 is 2.26 bits per heavy atom. The molecule has 1 fully saturated rings. The molecule has 1 aliphatic rings. The highest BCUT2D eigenvalue weighted by molar-refractivity contribution is 7.09. The Bertz CT molecular complexity index is 689. The second kappa shape index (κ2) is 7.02. The molecule has 3 heterocycles. The maximum absolute atomic E-state index is 8.78. The van der Waals surface area contributed by atoms with Crippen molar-refractivity contribution in [3.63, 3.8) is 0 Å². The van der Waals surface area contributed by atoms with E-state index in [0.717, 1.165) is 44.1 Å². The van der Waals surface area contributed by atoms with Gasteiger partial charge in [-0.2, -0.15) is 5.26 Å². The topological polar surface area (TPSA) is 68.9 Å². The van der Waals surface area contributed by atoms with Gasteiger partial charge in [0.05, 0.1) is 23.6 Å². The maximum Gasteiger partial charge on any atom is 0.158 e. The van der Waals surface area contributed by atoms with Crippen LogP contribution in [0.3, 0.4) is 0 Å². The van der Waals surface area contributed by atoms with Gasteiger partial charge < -0.3 is 9.80 Å². The molecule has 0 amide bonds. The molecule has 0 saturated carbocycles. The van der Waals surface area contributed by atoms with Gasteiger partial charge in [-0.15, -0.1) is 11.3 Å². The van der Waals surface area contributed by atoms with E-state index >= 15 is 0 Å². The lowest BCUT2D eigenvalue weighted by atomic mass is 10.1. The number of anilines is 1. The molecule has 0 radical (unpaired) electrons. The Hall–Kier alpha value is -2.04. The molecule has 0 spiro atoms. The molecule has 2 aromatic rings. The van der Waals surface area contributed by atoms with Crippen LogP contribution in [-0.4, -0.2) is 46.5 Å². The molecule has 7 heteroatoms. The van der Waals surface area contributed by atoms with Gasteiger partial charge in [0, 0.05) is 31.1 Å². The SMILES string of the molecule is Cc1ncsc1CN(C)C[C@H]1CCN(c2cnc(C#N)cn2)C1. The Labute approximate surface area is 140 Å². The predicted molar refractivity (Wildman–Crippen MR) is 90.3 cm³/mol. The minimum atomic E-state index is 0.365. The molecule has 6 nitrogen and oxygen atoms in total. The monoisotopic (exact) mass is 328 g/mol. The smallest absolute Gasteiger partial charge is 0.158 e. The van der Waals surface area contributed by atoms with Crippen molar-refractivity contribution in [2.24, 2.45) is 5.92 Å². The molecule has 0 bridgehead atoms. The molecule has 120 valence electrons. The van der Waals surface area contributed by atoms with Crippen LogP contribution in [0.15, 0.2) is 17.9 Å². The third kappa shape index (κ3) is 3.84. The molecule has 0 aliphatic carbocycles. The first kappa shape index (κ1) is 15.8. The lowest BCUT2D eigenvalue weighted by Crippen LogP contribution is -2.28. The predicted octanol–water partition coefficient (Wildman–Crippen LogP) is 2.07. The van der Waals surface area contributed by atoms with Gasteiger partial charge in [0.15, 0.2) is 5.69 Å². The van der Waals surface area contributed by atoms with E-state index in [9.17, 15) is 0 Å². The molecule has 0 unspecified atom stereocenters. The second-order valence-corrected chi connectivity index (χ2v) is 6.97. The maximum atomic E-state index is 8.78. The van der Waals surface area contributed by atoms with Crippen molar-refractivity contribution in [1.82, 2.24) is 19.9 Å². The summed E-state index contributed by atoms with van der Waals surface area (Å²) in [6.07, 6.45) is 4.40. The van der Waals surface area contributed by atoms with E-state index in [1.165, 1.54) is 4.88 Å². The normalized spacial score (nSPS) is 17.7. The zero-order valence-corrected chi connectivity index (χ0v) is 14.3. The third-order valence-corrected chi connectivity index (χ3v) is 5.11. The van der Waals surface area contributed by atoms with Crippen molar-refractivity contribution in [2.45, 2.75) is 19.9 Å². The van der Waals surface area contributed by atoms with Crippen LogP contribution in [0.5, 0.6) is 0 Å². The quantitative estimate of drug-likeness (QED) is 0.837. The van der Waals surface area contributed by atoms with E-state index in [-0.39, 0.29) is 0 Å². The summed E-state index contributed by atoms with van der Waals surface area (Å²) in [7, 11) is 2.17. The zero-order chi connectivity index (χ0) is 16.2. The zero-order valence-electron chi connectivity index (χ0n) is 13.4. The first-order chi connectivity index (χ1) is 11.2. The third-order valence-electron chi connectivity index (χ3n) is 4.19. The van der Waals surface area contributed by atoms with Crippen LogP contribution in [0.25, 0.3) is 0 Å². The van der Waals surface area contributed by atoms with Crippen molar-refractivity contribution in [1.29, 1.82) is 5.26 Å². The van der Waals surface area contributed by atoms with Crippen molar-refractivity contribution in [2.75, 3.05) is 31.6 Å². The molecule has 23 heavy (non-hydrogen) atoms. The Kier molecular flexibility index (Phi) is 4.84. The molecule has 1 saturated heterocycles. The first-order valence-electron chi connectivity index (χ1n) is 7.70. The fraction of sp³-hybridized carbons (Fsp3) is 0.500. The van der Waals surface area contributed by atoms with Gasteiger partial charge in [0.2, 0.25) is 0 Å². The summed E-state index contributed by atoms with van der Waals surface area (Å²) in [4.78, 5) is 18.7. The number of rotatable bonds is 5. The highest BCUT2D eigenvalue weighted by Crippen LogP contribution is 2.23. The lowest BCUT2D eigenvalue weighted by molar-refractivity contribution is 0.281. The number of hydrogen-bond acceptors (Lipinski definition) is 7. The largest absolute Gasteiger partial charge is 0.355 e. The molecule has 1 atom stereocenters.